The Bertz CT molecular complexity index is 1580. The maximum absolute atomic E-state index is 14.1. The summed E-state index contributed by atoms with van der Waals surface area (Å²) in [5.74, 6) is -2.92. The van der Waals surface area contributed by atoms with Gasteiger partial charge in [0, 0.05) is 17.6 Å². The Labute approximate surface area is 273 Å². The summed E-state index contributed by atoms with van der Waals surface area (Å²) in [7, 11) is 0. The minimum Gasteiger partial charge on any atom is -0.445 e. The smallest absolute Gasteiger partial charge is 0.408 e. The average molecular weight is 644 g/mol. The maximum Gasteiger partial charge on any atom is 0.408 e. The highest BCUT2D eigenvalue weighted by atomic mass is 16.5. The quantitative estimate of drug-likeness (QED) is 0.200. The number of fused-ring (bicyclic) bond motifs is 1. The summed E-state index contributed by atoms with van der Waals surface area (Å²) in [6, 6.07) is 21.2. The van der Waals surface area contributed by atoms with Crippen LogP contribution in [0.15, 0.2) is 84.9 Å². The van der Waals surface area contributed by atoms with Crippen LogP contribution in [0, 0.1) is 0 Å². The highest BCUT2D eigenvalue weighted by Gasteiger charge is 2.43. The van der Waals surface area contributed by atoms with Crippen molar-refractivity contribution in [3.63, 3.8) is 0 Å². The van der Waals surface area contributed by atoms with E-state index in [0.717, 1.165) is 5.56 Å². The fourth-order valence-electron chi connectivity index (χ4n) is 5.35. The Morgan fingerprint density at radius 3 is 2.11 bits per heavy atom. The van der Waals surface area contributed by atoms with Crippen molar-refractivity contribution in [1.29, 1.82) is 0 Å². The molecule has 0 unspecified atom stereocenters. The van der Waals surface area contributed by atoms with Gasteiger partial charge >= 0.3 is 6.09 Å². The second kappa shape index (κ2) is 15.4. The van der Waals surface area contributed by atoms with E-state index in [9.17, 15) is 29.1 Å². The van der Waals surface area contributed by atoms with E-state index >= 15 is 0 Å². The third-order valence-electron chi connectivity index (χ3n) is 7.50. The first-order valence-corrected chi connectivity index (χ1v) is 15.3. The van der Waals surface area contributed by atoms with Gasteiger partial charge in [0.25, 0.3) is 5.91 Å². The van der Waals surface area contributed by atoms with Crippen LogP contribution in [0.25, 0.3) is 0 Å². The Morgan fingerprint density at radius 2 is 1.49 bits per heavy atom. The Morgan fingerprint density at radius 1 is 0.894 bits per heavy atom. The van der Waals surface area contributed by atoms with Crippen molar-refractivity contribution in [2.75, 3.05) is 4.90 Å². The third kappa shape index (κ3) is 9.63. The number of benzene rings is 3. The molecule has 0 saturated heterocycles. The number of aliphatic hydroxyl groups is 1. The molecule has 1 aliphatic heterocycles. The minimum absolute atomic E-state index is 0.00950. The predicted octanol–water partition coefficient (Wildman–Crippen LogP) is 2.12. The number of ether oxygens (including phenoxy) is 1. The number of rotatable bonds is 12. The van der Waals surface area contributed by atoms with Crippen molar-refractivity contribution in [2.45, 2.75) is 76.4 Å². The Kier molecular flexibility index (Phi) is 11.3. The van der Waals surface area contributed by atoms with Crippen LogP contribution in [0.2, 0.25) is 0 Å². The Balaban J connectivity index is 1.57. The van der Waals surface area contributed by atoms with Gasteiger partial charge in [-0.2, -0.15) is 0 Å². The summed E-state index contributed by atoms with van der Waals surface area (Å²) in [6.45, 7) is 5.40. The van der Waals surface area contributed by atoms with Crippen LogP contribution in [-0.2, 0) is 43.4 Å². The van der Waals surface area contributed by atoms with Gasteiger partial charge in [0.15, 0.2) is 6.10 Å². The van der Waals surface area contributed by atoms with E-state index in [1.54, 1.807) is 72.8 Å². The van der Waals surface area contributed by atoms with Crippen LogP contribution >= 0.6 is 0 Å². The van der Waals surface area contributed by atoms with E-state index in [4.69, 9.17) is 10.5 Å². The largest absolute Gasteiger partial charge is 0.445 e. The molecule has 0 spiro atoms. The standard InChI is InChI=1S/C35H41N5O7/c1-35(2,3)39-32(44)28-19-24-16-10-11-17-27(24)40(28)33(45)30(42)25(18-22-12-6-4-7-13-22)37-31(43)26(20-29(36)41)38-34(46)47-21-23-14-8-5-9-15-23/h4-17,25-26,28,30,42H,18-21H2,1-3H3,(H2,36,41)(H,37,43)(H,38,46)(H,39,44)/t25-,26-,28-,30-/m0/s1. The molecule has 12 nitrogen and oxygen atoms in total. The highest BCUT2D eigenvalue weighted by Crippen LogP contribution is 2.33. The highest BCUT2D eigenvalue weighted by molar-refractivity contribution is 6.06. The summed E-state index contributed by atoms with van der Waals surface area (Å²) < 4.78 is 5.22. The summed E-state index contributed by atoms with van der Waals surface area (Å²) in [6.07, 6.45) is -3.11. The van der Waals surface area contributed by atoms with Gasteiger partial charge in [0.05, 0.1) is 12.5 Å². The molecule has 5 amide bonds. The van der Waals surface area contributed by atoms with E-state index in [0.29, 0.717) is 16.8 Å². The maximum atomic E-state index is 14.1. The monoisotopic (exact) mass is 643 g/mol. The molecule has 1 heterocycles. The van der Waals surface area contributed by atoms with Crippen molar-refractivity contribution >= 4 is 35.4 Å². The van der Waals surface area contributed by atoms with Crippen LogP contribution in [0.4, 0.5) is 10.5 Å². The number of para-hydroxylation sites is 1. The van der Waals surface area contributed by atoms with Crippen molar-refractivity contribution in [3.8, 4) is 0 Å². The molecule has 3 aromatic carbocycles. The van der Waals surface area contributed by atoms with Crippen LogP contribution in [0.5, 0.6) is 0 Å². The van der Waals surface area contributed by atoms with Crippen LogP contribution in [0.3, 0.4) is 0 Å². The molecular formula is C35H41N5O7. The van der Waals surface area contributed by atoms with Gasteiger partial charge < -0.3 is 31.5 Å². The number of nitrogens with one attached hydrogen (secondary N) is 3. The van der Waals surface area contributed by atoms with Gasteiger partial charge in [0.2, 0.25) is 17.7 Å². The molecule has 0 radical (unpaired) electrons. The molecule has 4 atom stereocenters. The summed E-state index contributed by atoms with van der Waals surface area (Å²) in [4.78, 5) is 66.9. The summed E-state index contributed by atoms with van der Waals surface area (Å²) in [5, 5.41) is 19.5. The van der Waals surface area contributed by atoms with Crippen molar-refractivity contribution in [1.82, 2.24) is 16.0 Å². The molecule has 0 aromatic heterocycles. The number of hydrogen-bond acceptors (Lipinski definition) is 7. The summed E-state index contributed by atoms with van der Waals surface area (Å²) >= 11 is 0. The average Bonchev–Trinajstić information content (AvgIpc) is 3.42. The van der Waals surface area contributed by atoms with E-state index in [-0.39, 0.29) is 19.4 Å². The van der Waals surface area contributed by atoms with Gasteiger partial charge in [-0.3, -0.25) is 24.1 Å². The summed E-state index contributed by atoms with van der Waals surface area (Å²) in [5.41, 5.74) is 7.45. The topological polar surface area (TPSA) is 180 Å². The molecule has 4 rings (SSSR count). The number of anilines is 1. The van der Waals surface area contributed by atoms with E-state index in [1.165, 1.54) is 4.90 Å². The zero-order valence-corrected chi connectivity index (χ0v) is 26.6. The first-order chi connectivity index (χ1) is 22.3. The number of nitrogens with zero attached hydrogens (tertiary/aromatic N) is 1. The molecule has 0 saturated carbocycles. The number of primary amides is 1. The first-order valence-electron chi connectivity index (χ1n) is 15.3. The van der Waals surface area contributed by atoms with Crippen molar-refractivity contribution in [3.05, 3.63) is 102 Å². The molecule has 0 fully saturated rings. The molecule has 47 heavy (non-hydrogen) atoms. The molecule has 0 aliphatic carbocycles. The number of amides is 5. The SMILES string of the molecule is CC(C)(C)NC(=O)[C@@H]1Cc2ccccc2N1C(=O)[C@@H](O)[C@H](Cc1ccccc1)NC(=O)[C@H](CC(N)=O)NC(=O)OCc1ccccc1. The zero-order chi connectivity index (χ0) is 34.1. The number of carbonyl (C=O) groups is 5. The number of nitrogens with two attached hydrogens (primary N) is 1. The van der Waals surface area contributed by atoms with Crippen LogP contribution in [-0.4, -0.2) is 64.6 Å². The van der Waals surface area contributed by atoms with Crippen molar-refractivity contribution in [2.24, 2.45) is 5.73 Å². The van der Waals surface area contributed by atoms with Gasteiger partial charge in [-0.15, -0.1) is 0 Å². The Hall–Kier alpha value is -5.23. The molecule has 6 N–H and O–H groups in total. The van der Waals surface area contributed by atoms with E-state index in [2.05, 4.69) is 16.0 Å². The van der Waals surface area contributed by atoms with Gasteiger partial charge in [-0.25, -0.2) is 4.79 Å². The lowest BCUT2D eigenvalue weighted by Crippen LogP contribution is -2.60. The fourth-order valence-corrected chi connectivity index (χ4v) is 5.35. The first kappa shape index (κ1) is 34.6. The molecule has 3 aromatic rings. The number of hydrogen-bond donors (Lipinski definition) is 5. The minimum atomic E-state index is -1.82. The van der Waals surface area contributed by atoms with Crippen LogP contribution in [0.1, 0.15) is 43.9 Å². The van der Waals surface area contributed by atoms with Gasteiger partial charge in [-0.1, -0.05) is 78.9 Å². The normalized spacial score (nSPS) is 15.8. The zero-order valence-electron chi connectivity index (χ0n) is 26.6. The van der Waals surface area contributed by atoms with Gasteiger partial charge in [0.1, 0.15) is 18.7 Å². The van der Waals surface area contributed by atoms with Gasteiger partial charge in [-0.05, 0) is 49.9 Å². The molecular weight excluding hydrogens is 602 g/mol. The van der Waals surface area contributed by atoms with Crippen LogP contribution < -0.4 is 26.6 Å². The third-order valence-corrected chi connectivity index (χ3v) is 7.50. The molecule has 248 valence electrons. The lowest BCUT2D eigenvalue weighted by Gasteiger charge is -2.32. The number of alkyl carbamates (subject to hydrolysis) is 1. The van der Waals surface area contributed by atoms with E-state index in [1.807, 2.05) is 32.9 Å². The predicted molar refractivity (Wildman–Crippen MR) is 175 cm³/mol. The number of carbonyl (C=O) groups excluding carboxylic acids is 5. The van der Waals surface area contributed by atoms with Crippen molar-refractivity contribution < 1.29 is 33.8 Å². The molecule has 12 heteroatoms. The molecule has 1 aliphatic rings. The second-order valence-corrected chi connectivity index (χ2v) is 12.5. The fraction of sp³-hybridized carbons (Fsp3) is 0.343. The number of aliphatic hydroxyl groups excluding tert-OH is 1. The second-order valence-electron chi connectivity index (χ2n) is 12.5. The lowest BCUT2D eigenvalue weighted by molar-refractivity contribution is -0.134. The lowest BCUT2D eigenvalue weighted by atomic mass is 9.98. The van der Waals surface area contributed by atoms with E-state index < -0.39 is 65.9 Å². The molecule has 0 bridgehead atoms.